The van der Waals surface area contributed by atoms with Crippen LogP contribution in [0, 0.1) is 11.8 Å². The zero-order valence-corrected chi connectivity index (χ0v) is 33.1. The molecule has 0 heterocycles. The second-order valence-electron chi connectivity index (χ2n) is 14.3. The van der Waals surface area contributed by atoms with Crippen LogP contribution in [0.4, 0.5) is 0 Å². The molecule has 8 atom stereocenters. The van der Waals surface area contributed by atoms with Crippen molar-refractivity contribution >= 4 is 59.2 Å². The summed E-state index contributed by atoms with van der Waals surface area (Å²) in [4.78, 5) is 125. The van der Waals surface area contributed by atoms with Crippen molar-refractivity contribution in [3.63, 3.8) is 0 Å². The maximum absolute atomic E-state index is 13.5. The lowest BCUT2D eigenvalue weighted by atomic mass is 10.0. The topological polar surface area (TPSA) is 408 Å². The fourth-order valence-corrected chi connectivity index (χ4v) is 5.03. The lowest BCUT2D eigenvalue weighted by molar-refractivity contribution is -0.143. The molecule has 0 aromatic rings. The van der Waals surface area contributed by atoms with Gasteiger partial charge in [-0.2, -0.15) is 0 Å². The lowest BCUT2D eigenvalue weighted by Gasteiger charge is -2.27. The summed E-state index contributed by atoms with van der Waals surface area (Å²) in [6.45, 7) is 5.27. The van der Waals surface area contributed by atoms with Gasteiger partial charge in [-0.05, 0) is 44.4 Å². The molecule has 0 radical (unpaired) electrons. The number of carbonyl (C=O) groups is 10. The number of aliphatic hydroxyl groups is 3. The number of carboxylic acids is 2. The summed E-state index contributed by atoms with van der Waals surface area (Å²) in [5, 5.41) is 63.1. The molecule has 16 N–H and O–H groups in total. The van der Waals surface area contributed by atoms with E-state index in [9.17, 15) is 68.4 Å². The van der Waals surface area contributed by atoms with Crippen molar-refractivity contribution in [2.24, 2.45) is 23.3 Å². The number of hydrogen-bond donors (Lipinski definition) is 14. The van der Waals surface area contributed by atoms with Crippen molar-refractivity contribution in [3.05, 3.63) is 0 Å². The van der Waals surface area contributed by atoms with Crippen LogP contribution >= 0.6 is 0 Å². The van der Waals surface area contributed by atoms with Crippen molar-refractivity contribution in [3.8, 4) is 0 Å². The third kappa shape index (κ3) is 20.1. The Kier molecular flexibility index (Phi) is 24.0. The highest BCUT2D eigenvalue weighted by Gasteiger charge is 2.34. The molecule has 0 aliphatic carbocycles. The third-order valence-corrected chi connectivity index (χ3v) is 8.17. The Morgan fingerprint density at radius 3 is 1.22 bits per heavy atom. The Hall–Kier alpha value is -5.46. The van der Waals surface area contributed by atoms with Crippen LogP contribution < -0.4 is 48.7 Å². The molecule has 0 fully saturated rings. The molecule has 0 saturated heterocycles. The van der Waals surface area contributed by atoms with Gasteiger partial charge in [-0.1, -0.05) is 27.7 Å². The molecule has 330 valence electrons. The summed E-state index contributed by atoms with van der Waals surface area (Å²) in [6, 6.07) is -12.2. The molecule has 0 aromatic heterocycles. The van der Waals surface area contributed by atoms with E-state index in [1.54, 1.807) is 13.8 Å². The lowest BCUT2D eigenvalue weighted by Crippen LogP contribution is -2.61. The van der Waals surface area contributed by atoms with Gasteiger partial charge in [0.25, 0.3) is 0 Å². The molecular formula is C34H59N9O15. The standard InChI is InChI=1S/C34H59N9O15/c1-15(2)10-18(35)28(51)37-17(5)27(50)41-22(12-44)33(56)40-21(11-16(3)4)31(54)38-20(7-9-26(48)49)29(52)42-23(13-45)32(55)39-19(6-8-25(36)47)30(53)43-24(14-46)34(57)58/h15-24,44-46H,6-14,35H2,1-5H3,(H2,36,47)(H,37,51)(H,38,54)(H,39,55)(H,40,56)(H,41,50)(H,42,52)(H,43,53)(H,48,49)(H,57,58)/t17-,18-,19-,20-,21-,22-,23-,24-/m0/s1. The molecule has 0 aliphatic heterocycles. The summed E-state index contributed by atoms with van der Waals surface area (Å²) in [5.74, 6) is -11.3. The van der Waals surface area contributed by atoms with E-state index >= 15 is 0 Å². The van der Waals surface area contributed by atoms with Crippen molar-refractivity contribution in [1.82, 2.24) is 37.2 Å². The maximum atomic E-state index is 13.5. The molecule has 58 heavy (non-hydrogen) atoms. The first-order chi connectivity index (χ1) is 27.0. The fraction of sp³-hybridized carbons (Fsp3) is 0.706. The van der Waals surface area contributed by atoms with E-state index in [0.717, 1.165) is 0 Å². The minimum absolute atomic E-state index is 0.0768. The zero-order valence-electron chi connectivity index (χ0n) is 33.1. The van der Waals surface area contributed by atoms with E-state index in [4.69, 9.17) is 16.6 Å². The van der Waals surface area contributed by atoms with E-state index in [-0.39, 0.29) is 18.3 Å². The second-order valence-corrected chi connectivity index (χ2v) is 14.3. The predicted molar refractivity (Wildman–Crippen MR) is 200 cm³/mol. The van der Waals surface area contributed by atoms with Gasteiger partial charge in [0.1, 0.15) is 42.3 Å². The van der Waals surface area contributed by atoms with E-state index in [1.165, 1.54) is 6.92 Å². The number of aliphatic carboxylic acids is 2. The number of amides is 8. The predicted octanol–water partition coefficient (Wildman–Crippen LogP) is -5.99. The van der Waals surface area contributed by atoms with Crippen molar-refractivity contribution in [1.29, 1.82) is 0 Å². The first kappa shape index (κ1) is 52.5. The molecule has 24 nitrogen and oxygen atoms in total. The summed E-state index contributed by atoms with van der Waals surface area (Å²) in [5.41, 5.74) is 11.0. The Morgan fingerprint density at radius 1 is 0.466 bits per heavy atom. The molecule has 0 aromatic carbocycles. The summed E-state index contributed by atoms with van der Waals surface area (Å²) in [6.07, 6.45) is -1.97. The SMILES string of the molecule is CC(C)C[C@H](NC(=O)[C@H](CO)NC(=O)[C@H](C)NC(=O)[C@@H](N)CC(C)C)C(=O)N[C@@H](CCC(=O)O)C(=O)N[C@@H](CO)C(=O)N[C@@H](CCC(N)=O)C(=O)N[C@@H](CO)C(=O)O. The van der Waals surface area contributed by atoms with E-state index in [0.29, 0.717) is 6.42 Å². The highest BCUT2D eigenvalue weighted by atomic mass is 16.4. The van der Waals surface area contributed by atoms with Crippen molar-refractivity contribution in [2.45, 2.75) is 121 Å². The molecule has 0 bridgehead atoms. The highest BCUT2D eigenvalue weighted by Crippen LogP contribution is 2.09. The number of nitrogens with one attached hydrogen (secondary N) is 7. The molecule has 0 spiro atoms. The van der Waals surface area contributed by atoms with Crippen LogP contribution in [0.1, 0.15) is 73.1 Å². The average molecular weight is 834 g/mol. The second kappa shape index (κ2) is 26.5. The van der Waals surface area contributed by atoms with Gasteiger partial charge >= 0.3 is 11.9 Å². The van der Waals surface area contributed by atoms with Crippen LogP contribution in [0.25, 0.3) is 0 Å². The maximum Gasteiger partial charge on any atom is 0.328 e. The summed E-state index contributed by atoms with van der Waals surface area (Å²) >= 11 is 0. The first-order valence-corrected chi connectivity index (χ1v) is 18.4. The van der Waals surface area contributed by atoms with Gasteiger partial charge in [0.2, 0.25) is 47.3 Å². The van der Waals surface area contributed by atoms with Crippen LogP contribution in [0.2, 0.25) is 0 Å². The zero-order chi connectivity index (χ0) is 44.9. The van der Waals surface area contributed by atoms with E-state index < -0.39 is 153 Å². The van der Waals surface area contributed by atoms with Gasteiger partial charge in [-0.25, -0.2) is 4.79 Å². The van der Waals surface area contributed by atoms with E-state index in [2.05, 4.69) is 31.9 Å². The fourth-order valence-electron chi connectivity index (χ4n) is 5.03. The van der Waals surface area contributed by atoms with Gasteiger partial charge in [0.15, 0.2) is 0 Å². The number of rotatable bonds is 28. The quantitative estimate of drug-likeness (QED) is 0.0349. The molecule has 0 aliphatic rings. The van der Waals surface area contributed by atoms with Crippen LogP contribution in [-0.2, 0) is 47.9 Å². The minimum Gasteiger partial charge on any atom is -0.481 e. The molecule has 0 unspecified atom stereocenters. The van der Waals surface area contributed by atoms with Crippen LogP contribution in [0.3, 0.4) is 0 Å². The highest BCUT2D eigenvalue weighted by molar-refractivity contribution is 5.97. The molecule has 0 saturated carbocycles. The first-order valence-electron chi connectivity index (χ1n) is 18.4. The average Bonchev–Trinajstić information content (AvgIpc) is 3.13. The third-order valence-electron chi connectivity index (χ3n) is 8.17. The van der Waals surface area contributed by atoms with Gasteiger partial charge in [-0.15, -0.1) is 0 Å². The molecule has 24 heteroatoms. The Morgan fingerprint density at radius 2 is 0.828 bits per heavy atom. The Labute approximate surface area is 334 Å². The number of hydrogen-bond acceptors (Lipinski definition) is 14. The summed E-state index contributed by atoms with van der Waals surface area (Å²) in [7, 11) is 0. The normalized spacial score (nSPS) is 15.2. The van der Waals surface area contributed by atoms with Gasteiger partial charge in [-0.3, -0.25) is 43.2 Å². The number of aliphatic hydroxyl groups excluding tert-OH is 3. The van der Waals surface area contributed by atoms with E-state index in [1.807, 2.05) is 19.2 Å². The largest absolute Gasteiger partial charge is 0.481 e. The van der Waals surface area contributed by atoms with Crippen LogP contribution in [0.5, 0.6) is 0 Å². The van der Waals surface area contributed by atoms with Gasteiger partial charge in [0.05, 0.1) is 25.9 Å². The number of nitrogens with two attached hydrogens (primary N) is 2. The van der Waals surface area contributed by atoms with Crippen molar-refractivity contribution < 1.29 is 73.5 Å². The van der Waals surface area contributed by atoms with Gasteiger partial charge in [0, 0.05) is 12.8 Å². The van der Waals surface area contributed by atoms with Gasteiger partial charge < -0.3 is 74.2 Å². The molecular weight excluding hydrogens is 774 g/mol. The monoisotopic (exact) mass is 833 g/mol. The molecule has 0 rings (SSSR count). The number of primary amides is 1. The van der Waals surface area contributed by atoms with Crippen LogP contribution in [-0.4, -0.2) is 153 Å². The Bertz CT molecular complexity index is 1460. The molecule has 8 amide bonds. The number of carbonyl (C=O) groups excluding carboxylic acids is 8. The minimum atomic E-state index is -1.87. The summed E-state index contributed by atoms with van der Waals surface area (Å²) < 4.78 is 0. The smallest absolute Gasteiger partial charge is 0.328 e. The number of carboxylic acid groups (broad SMARTS) is 2. The van der Waals surface area contributed by atoms with Crippen molar-refractivity contribution in [2.75, 3.05) is 19.8 Å². The Balaban J connectivity index is 6.08. The van der Waals surface area contributed by atoms with Crippen LogP contribution in [0.15, 0.2) is 0 Å².